The van der Waals surface area contributed by atoms with Crippen LogP contribution >= 0.6 is 0 Å². The van der Waals surface area contributed by atoms with Crippen LogP contribution in [0.15, 0.2) is 30.4 Å². The Labute approximate surface area is 74.3 Å². The molecule has 0 saturated heterocycles. The molecule has 1 aliphatic heterocycles. The molecule has 0 bridgehead atoms. The van der Waals surface area contributed by atoms with Crippen molar-refractivity contribution in [1.82, 2.24) is 0 Å². The van der Waals surface area contributed by atoms with Crippen LogP contribution in [0, 0.1) is 5.82 Å². The van der Waals surface area contributed by atoms with Gasteiger partial charge in [0.15, 0.2) is 17.8 Å². The number of para-hydroxylation sites is 1. The van der Waals surface area contributed by atoms with E-state index in [1.54, 1.807) is 12.1 Å². The monoisotopic (exact) mass is 182 g/mol. The number of hydrogen-bond acceptors (Lipinski definition) is 3. The molecular weight excluding hydrogens is 175 g/mol. The van der Waals surface area contributed by atoms with Gasteiger partial charge in [-0.3, -0.25) is 0 Å². The van der Waals surface area contributed by atoms with E-state index in [0.717, 1.165) is 0 Å². The van der Waals surface area contributed by atoms with Crippen molar-refractivity contribution >= 4 is 0 Å². The van der Waals surface area contributed by atoms with Crippen molar-refractivity contribution in [2.75, 3.05) is 7.11 Å². The van der Waals surface area contributed by atoms with Gasteiger partial charge in [0.05, 0.1) is 7.11 Å². The van der Waals surface area contributed by atoms with E-state index in [1.807, 2.05) is 0 Å². The van der Waals surface area contributed by atoms with Gasteiger partial charge in [-0.2, -0.15) is 0 Å². The molecule has 1 aliphatic rings. The summed E-state index contributed by atoms with van der Waals surface area (Å²) in [5, 5.41) is 0. The SMILES string of the molecule is COC1=COc2cccc(F)c2O1. The molecule has 2 rings (SSSR count). The summed E-state index contributed by atoms with van der Waals surface area (Å²) in [5.74, 6) is 0.0698. The lowest BCUT2D eigenvalue weighted by molar-refractivity contribution is 0.120. The summed E-state index contributed by atoms with van der Waals surface area (Å²) in [5.41, 5.74) is 0. The summed E-state index contributed by atoms with van der Waals surface area (Å²) in [6.07, 6.45) is 1.28. The van der Waals surface area contributed by atoms with Crippen molar-refractivity contribution in [3.8, 4) is 11.5 Å². The molecular formula is C9H7FO3. The van der Waals surface area contributed by atoms with E-state index in [1.165, 1.54) is 19.4 Å². The number of ether oxygens (including phenoxy) is 3. The normalized spacial score (nSPS) is 13.5. The van der Waals surface area contributed by atoms with Crippen LogP contribution in [-0.2, 0) is 4.74 Å². The number of rotatable bonds is 1. The molecule has 0 spiro atoms. The zero-order valence-corrected chi connectivity index (χ0v) is 6.91. The molecule has 0 N–H and O–H groups in total. The quantitative estimate of drug-likeness (QED) is 0.665. The highest BCUT2D eigenvalue weighted by molar-refractivity contribution is 5.43. The van der Waals surface area contributed by atoms with Crippen LogP contribution in [0.1, 0.15) is 0 Å². The molecule has 1 aromatic carbocycles. The molecule has 0 amide bonds. The van der Waals surface area contributed by atoms with Gasteiger partial charge < -0.3 is 14.2 Å². The average Bonchev–Trinajstić information content (AvgIpc) is 2.18. The number of halogens is 1. The Kier molecular flexibility index (Phi) is 1.81. The fourth-order valence-corrected chi connectivity index (χ4v) is 1.01. The highest BCUT2D eigenvalue weighted by atomic mass is 19.1. The van der Waals surface area contributed by atoms with Crippen LogP contribution in [0.4, 0.5) is 4.39 Å². The van der Waals surface area contributed by atoms with Crippen molar-refractivity contribution in [1.29, 1.82) is 0 Å². The third-order valence-corrected chi connectivity index (χ3v) is 1.62. The van der Waals surface area contributed by atoms with E-state index in [9.17, 15) is 4.39 Å². The minimum Gasteiger partial charge on any atom is -0.466 e. The zero-order chi connectivity index (χ0) is 9.26. The van der Waals surface area contributed by atoms with Crippen molar-refractivity contribution < 1.29 is 18.6 Å². The van der Waals surface area contributed by atoms with Crippen LogP contribution in [0.3, 0.4) is 0 Å². The van der Waals surface area contributed by atoms with Gasteiger partial charge in [-0.25, -0.2) is 4.39 Å². The third-order valence-electron chi connectivity index (χ3n) is 1.62. The van der Waals surface area contributed by atoms with Gasteiger partial charge in [0.1, 0.15) is 0 Å². The van der Waals surface area contributed by atoms with E-state index >= 15 is 0 Å². The Hall–Kier alpha value is -1.71. The maximum Gasteiger partial charge on any atom is 0.321 e. The molecule has 0 fully saturated rings. The fraction of sp³-hybridized carbons (Fsp3) is 0.111. The largest absolute Gasteiger partial charge is 0.466 e. The van der Waals surface area contributed by atoms with Crippen LogP contribution < -0.4 is 9.47 Å². The predicted molar refractivity (Wildman–Crippen MR) is 42.7 cm³/mol. The molecule has 0 aromatic heterocycles. The van der Waals surface area contributed by atoms with E-state index in [-0.39, 0.29) is 11.7 Å². The van der Waals surface area contributed by atoms with E-state index in [4.69, 9.17) is 14.2 Å². The second kappa shape index (κ2) is 2.97. The predicted octanol–water partition coefficient (Wildman–Crippen LogP) is 2.04. The van der Waals surface area contributed by atoms with E-state index in [0.29, 0.717) is 5.75 Å². The number of hydrogen-bond donors (Lipinski definition) is 0. The number of fused-ring (bicyclic) bond motifs is 1. The minimum absolute atomic E-state index is 0.0573. The van der Waals surface area contributed by atoms with Crippen LogP contribution in [-0.4, -0.2) is 7.11 Å². The van der Waals surface area contributed by atoms with Gasteiger partial charge in [-0.1, -0.05) is 6.07 Å². The lowest BCUT2D eigenvalue weighted by Crippen LogP contribution is -2.07. The Morgan fingerprint density at radius 2 is 2.23 bits per heavy atom. The maximum absolute atomic E-state index is 13.1. The van der Waals surface area contributed by atoms with Crippen LogP contribution in [0.5, 0.6) is 11.5 Å². The molecule has 68 valence electrons. The summed E-state index contributed by atoms with van der Waals surface area (Å²) in [4.78, 5) is 0. The van der Waals surface area contributed by atoms with Crippen molar-refractivity contribution in [2.24, 2.45) is 0 Å². The Morgan fingerprint density at radius 3 is 3.00 bits per heavy atom. The molecule has 0 saturated carbocycles. The fourth-order valence-electron chi connectivity index (χ4n) is 1.01. The third kappa shape index (κ3) is 1.30. The maximum atomic E-state index is 13.1. The van der Waals surface area contributed by atoms with Gasteiger partial charge >= 0.3 is 5.95 Å². The summed E-state index contributed by atoms with van der Waals surface area (Å²) in [7, 11) is 1.42. The second-order valence-electron chi connectivity index (χ2n) is 2.43. The van der Waals surface area contributed by atoms with Gasteiger partial charge in [0, 0.05) is 0 Å². The molecule has 3 nitrogen and oxygen atoms in total. The number of benzene rings is 1. The smallest absolute Gasteiger partial charge is 0.321 e. The van der Waals surface area contributed by atoms with Crippen molar-refractivity contribution in [3.63, 3.8) is 0 Å². The summed E-state index contributed by atoms with van der Waals surface area (Å²) in [6.45, 7) is 0. The second-order valence-corrected chi connectivity index (χ2v) is 2.43. The Morgan fingerprint density at radius 1 is 1.38 bits per heavy atom. The first-order valence-electron chi connectivity index (χ1n) is 3.68. The molecule has 1 aromatic rings. The molecule has 0 radical (unpaired) electrons. The molecule has 0 unspecified atom stereocenters. The lowest BCUT2D eigenvalue weighted by Gasteiger charge is -2.16. The van der Waals surface area contributed by atoms with E-state index in [2.05, 4.69) is 0 Å². The minimum atomic E-state index is -0.472. The van der Waals surface area contributed by atoms with Gasteiger partial charge in [-0.05, 0) is 12.1 Å². The van der Waals surface area contributed by atoms with Crippen LogP contribution in [0.2, 0.25) is 0 Å². The Bertz CT molecular complexity index is 360. The highest BCUT2D eigenvalue weighted by Crippen LogP contribution is 2.34. The molecule has 0 aliphatic carbocycles. The lowest BCUT2D eigenvalue weighted by atomic mass is 10.3. The molecule has 1 heterocycles. The van der Waals surface area contributed by atoms with Crippen LogP contribution in [0.25, 0.3) is 0 Å². The van der Waals surface area contributed by atoms with Gasteiger partial charge in [0.25, 0.3) is 0 Å². The van der Waals surface area contributed by atoms with Gasteiger partial charge in [0.2, 0.25) is 5.75 Å². The summed E-state index contributed by atoms with van der Waals surface area (Å²) in [6, 6.07) is 4.45. The topological polar surface area (TPSA) is 27.7 Å². The summed E-state index contributed by atoms with van der Waals surface area (Å²) < 4.78 is 27.9. The van der Waals surface area contributed by atoms with Crippen molar-refractivity contribution in [2.45, 2.75) is 0 Å². The van der Waals surface area contributed by atoms with Crippen molar-refractivity contribution in [3.05, 3.63) is 36.2 Å². The first-order chi connectivity index (χ1) is 6.31. The standard InChI is InChI=1S/C9H7FO3/c1-11-8-5-12-7-4-2-3-6(10)9(7)13-8/h2-5H,1H3. The first-order valence-corrected chi connectivity index (χ1v) is 3.68. The molecule has 0 atom stereocenters. The zero-order valence-electron chi connectivity index (χ0n) is 6.91. The van der Waals surface area contributed by atoms with E-state index < -0.39 is 5.82 Å². The van der Waals surface area contributed by atoms with Gasteiger partial charge in [-0.15, -0.1) is 0 Å². The average molecular weight is 182 g/mol. The molecule has 13 heavy (non-hydrogen) atoms. The Balaban J connectivity index is 2.39. The number of methoxy groups -OCH3 is 1. The molecule has 4 heteroatoms. The first kappa shape index (κ1) is 7.91. The summed E-state index contributed by atoms with van der Waals surface area (Å²) >= 11 is 0. The highest BCUT2D eigenvalue weighted by Gasteiger charge is 2.18.